The van der Waals surface area contributed by atoms with Crippen LogP contribution >= 0.6 is 34.5 Å². The number of thiazole rings is 1. The fourth-order valence-corrected chi connectivity index (χ4v) is 4.07. The van der Waals surface area contributed by atoms with Gasteiger partial charge in [0.2, 0.25) is 0 Å². The summed E-state index contributed by atoms with van der Waals surface area (Å²) in [5.74, 6) is -0.238. The number of rotatable bonds is 4. The summed E-state index contributed by atoms with van der Waals surface area (Å²) < 4.78 is 26.6. The summed E-state index contributed by atoms with van der Waals surface area (Å²) in [7, 11) is -3.85. The topological polar surface area (TPSA) is 76.1 Å². The van der Waals surface area contributed by atoms with Crippen LogP contribution in [0.25, 0.3) is 0 Å². The number of hydrogen-bond donors (Lipinski definition) is 1. The lowest BCUT2D eigenvalue weighted by atomic mass is 10.4. The molecule has 0 unspecified atom stereocenters. The van der Waals surface area contributed by atoms with Gasteiger partial charge in [-0.1, -0.05) is 23.2 Å². The van der Waals surface area contributed by atoms with E-state index in [1.165, 1.54) is 30.5 Å². The van der Waals surface area contributed by atoms with E-state index in [-0.39, 0.29) is 31.5 Å². The number of nitrogens with one attached hydrogen (secondary N) is 1. The molecule has 0 aliphatic rings. The third-order valence-electron chi connectivity index (χ3n) is 2.23. The lowest BCUT2D eigenvalue weighted by Gasteiger charge is -2.06. The first-order chi connectivity index (χ1) is 9.28. The Labute approximate surface area is 129 Å². The Bertz CT molecular complexity index is 751. The van der Waals surface area contributed by atoms with E-state index in [0.717, 1.165) is 11.3 Å². The van der Waals surface area contributed by atoms with Gasteiger partial charge in [-0.3, -0.25) is 9.52 Å². The molecule has 0 saturated carbocycles. The molecule has 106 valence electrons. The van der Waals surface area contributed by atoms with E-state index in [2.05, 4.69) is 9.71 Å². The third kappa shape index (κ3) is 3.49. The van der Waals surface area contributed by atoms with Gasteiger partial charge in [0.1, 0.15) is 5.69 Å². The minimum Gasteiger partial charge on any atom is -0.293 e. The fraction of sp³-hybridized carbons (Fsp3) is 0.0909. The van der Waals surface area contributed by atoms with Crippen molar-refractivity contribution in [2.75, 3.05) is 4.72 Å². The minimum absolute atomic E-state index is 0.0745. The number of hydrogen-bond acceptors (Lipinski definition) is 5. The van der Waals surface area contributed by atoms with Gasteiger partial charge in [0.25, 0.3) is 10.0 Å². The van der Waals surface area contributed by atoms with Crippen LogP contribution in [0.4, 0.5) is 5.13 Å². The van der Waals surface area contributed by atoms with Crippen molar-refractivity contribution >= 4 is 55.5 Å². The Morgan fingerprint density at radius 1 is 1.25 bits per heavy atom. The molecule has 0 saturated heterocycles. The first-order valence-corrected chi connectivity index (χ1v) is 8.35. The second-order valence-corrected chi connectivity index (χ2v) is 7.22. The molecule has 1 heterocycles. The largest absolute Gasteiger partial charge is 0.293 e. The molecule has 2 rings (SSSR count). The van der Waals surface area contributed by atoms with Gasteiger partial charge in [-0.25, -0.2) is 13.4 Å². The average Bonchev–Trinajstić information content (AvgIpc) is 2.75. The standard InChI is InChI=1S/C11H8Cl2N2O3S2/c1-6(16)10-5-19-11(14-10)15-20(17,18)9-3-7(12)2-8(13)4-9/h2-5H,1H3,(H,14,15). The van der Waals surface area contributed by atoms with E-state index in [1.807, 2.05) is 0 Å². The lowest BCUT2D eigenvalue weighted by molar-refractivity contribution is 0.101. The van der Waals surface area contributed by atoms with Gasteiger partial charge < -0.3 is 0 Å². The molecular formula is C11H8Cl2N2O3S2. The molecule has 0 bridgehead atoms. The van der Waals surface area contributed by atoms with Crippen LogP contribution in [-0.4, -0.2) is 19.2 Å². The van der Waals surface area contributed by atoms with E-state index in [4.69, 9.17) is 23.2 Å². The molecule has 1 N–H and O–H groups in total. The molecule has 0 fully saturated rings. The van der Waals surface area contributed by atoms with Crippen molar-refractivity contribution in [3.63, 3.8) is 0 Å². The molecule has 0 amide bonds. The van der Waals surface area contributed by atoms with Crippen molar-refractivity contribution in [1.82, 2.24) is 4.98 Å². The first kappa shape index (κ1) is 15.2. The predicted molar refractivity (Wildman–Crippen MR) is 79.4 cm³/mol. The number of anilines is 1. The second kappa shape index (κ2) is 5.69. The summed E-state index contributed by atoms with van der Waals surface area (Å²) in [6, 6.07) is 3.98. The maximum absolute atomic E-state index is 12.1. The Morgan fingerprint density at radius 3 is 2.35 bits per heavy atom. The molecule has 1 aromatic carbocycles. The summed E-state index contributed by atoms with van der Waals surface area (Å²) in [5.41, 5.74) is 0.205. The van der Waals surface area contributed by atoms with E-state index in [0.29, 0.717) is 0 Å². The monoisotopic (exact) mass is 350 g/mol. The quantitative estimate of drug-likeness (QED) is 0.856. The summed E-state index contributed by atoms with van der Waals surface area (Å²) in [4.78, 5) is 14.9. The van der Waals surface area contributed by atoms with Crippen molar-refractivity contribution in [2.45, 2.75) is 11.8 Å². The Hall–Kier alpha value is -1.15. The Morgan fingerprint density at radius 2 is 1.85 bits per heavy atom. The van der Waals surface area contributed by atoms with Gasteiger partial charge >= 0.3 is 0 Å². The molecule has 0 atom stereocenters. The third-order valence-corrected chi connectivity index (χ3v) is 4.87. The fourth-order valence-electron chi connectivity index (χ4n) is 1.34. The lowest BCUT2D eigenvalue weighted by Crippen LogP contribution is -2.13. The summed E-state index contributed by atoms with van der Waals surface area (Å²) >= 11 is 12.6. The highest BCUT2D eigenvalue weighted by atomic mass is 35.5. The van der Waals surface area contributed by atoms with E-state index >= 15 is 0 Å². The van der Waals surface area contributed by atoms with Crippen LogP contribution in [0, 0.1) is 0 Å². The van der Waals surface area contributed by atoms with Gasteiger partial charge in [0.05, 0.1) is 4.90 Å². The van der Waals surface area contributed by atoms with Crippen molar-refractivity contribution in [1.29, 1.82) is 0 Å². The van der Waals surface area contributed by atoms with E-state index < -0.39 is 10.0 Å². The minimum atomic E-state index is -3.85. The van der Waals surface area contributed by atoms with E-state index in [1.54, 1.807) is 0 Å². The number of halogens is 2. The highest BCUT2D eigenvalue weighted by Crippen LogP contribution is 2.25. The highest BCUT2D eigenvalue weighted by Gasteiger charge is 2.18. The molecule has 20 heavy (non-hydrogen) atoms. The van der Waals surface area contributed by atoms with Crippen LogP contribution in [0.3, 0.4) is 0 Å². The zero-order valence-electron chi connectivity index (χ0n) is 10.1. The van der Waals surface area contributed by atoms with Gasteiger partial charge in [0.15, 0.2) is 10.9 Å². The summed E-state index contributed by atoms with van der Waals surface area (Å²) in [6.07, 6.45) is 0. The van der Waals surface area contributed by atoms with Crippen molar-refractivity contribution < 1.29 is 13.2 Å². The molecule has 0 aliphatic carbocycles. The van der Waals surface area contributed by atoms with Crippen LogP contribution in [0.2, 0.25) is 10.0 Å². The smallest absolute Gasteiger partial charge is 0.263 e. The number of carbonyl (C=O) groups is 1. The molecule has 5 nitrogen and oxygen atoms in total. The van der Waals surface area contributed by atoms with Crippen molar-refractivity contribution in [3.8, 4) is 0 Å². The number of benzene rings is 1. The normalized spacial score (nSPS) is 11.3. The van der Waals surface area contributed by atoms with Crippen LogP contribution in [-0.2, 0) is 10.0 Å². The number of carbonyl (C=O) groups excluding carboxylic acids is 1. The summed E-state index contributed by atoms with van der Waals surface area (Å²) in [5, 5.41) is 2.00. The number of aromatic nitrogens is 1. The first-order valence-electron chi connectivity index (χ1n) is 5.23. The van der Waals surface area contributed by atoms with Gasteiger partial charge in [0, 0.05) is 22.3 Å². The molecule has 2 aromatic rings. The average molecular weight is 351 g/mol. The molecule has 0 radical (unpaired) electrons. The number of nitrogens with zero attached hydrogens (tertiary/aromatic N) is 1. The Balaban J connectivity index is 2.32. The van der Waals surface area contributed by atoms with Crippen molar-refractivity contribution in [3.05, 3.63) is 39.3 Å². The SMILES string of the molecule is CC(=O)c1csc(NS(=O)(=O)c2cc(Cl)cc(Cl)c2)n1. The van der Waals surface area contributed by atoms with Crippen LogP contribution < -0.4 is 4.72 Å². The highest BCUT2D eigenvalue weighted by molar-refractivity contribution is 7.93. The predicted octanol–water partition coefficient (Wildman–Crippen LogP) is 3.45. The van der Waals surface area contributed by atoms with Crippen LogP contribution in [0.1, 0.15) is 17.4 Å². The molecule has 0 spiro atoms. The van der Waals surface area contributed by atoms with Crippen molar-refractivity contribution in [2.24, 2.45) is 0 Å². The zero-order valence-corrected chi connectivity index (χ0v) is 13.2. The number of Topliss-reactive ketones (excluding diaryl/α,β-unsaturated/α-hetero) is 1. The molecule has 1 aromatic heterocycles. The van der Waals surface area contributed by atoms with Gasteiger partial charge in [-0.05, 0) is 18.2 Å². The van der Waals surface area contributed by atoms with Gasteiger partial charge in [-0.15, -0.1) is 11.3 Å². The summed E-state index contributed by atoms with van der Waals surface area (Å²) in [6.45, 7) is 1.35. The number of sulfonamides is 1. The maximum atomic E-state index is 12.1. The second-order valence-electron chi connectivity index (χ2n) is 3.80. The van der Waals surface area contributed by atoms with Crippen LogP contribution in [0.15, 0.2) is 28.5 Å². The maximum Gasteiger partial charge on any atom is 0.263 e. The molecular weight excluding hydrogens is 343 g/mol. The Kier molecular flexibility index (Phi) is 4.33. The zero-order chi connectivity index (χ0) is 14.9. The van der Waals surface area contributed by atoms with E-state index in [9.17, 15) is 13.2 Å². The van der Waals surface area contributed by atoms with Crippen LogP contribution in [0.5, 0.6) is 0 Å². The number of ketones is 1. The molecule has 9 heteroatoms. The van der Waals surface area contributed by atoms with Gasteiger partial charge in [-0.2, -0.15) is 0 Å². The molecule has 0 aliphatic heterocycles.